The van der Waals surface area contributed by atoms with Crippen molar-refractivity contribution in [2.45, 2.75) is 42.9 Å². The van der Waals surface area contributed by atoms with Crippen molar-refractivity contribution in [2.75, 3.05) is 5.75 Å². The third-order valence-electron chi connectivity index (χ3n) is 4.74. The first-order chi connectivity index (χ1) is 10.5. The van der Waals surface area contributed by atoms with Gasteiger partial charge in [-0.1, -0.05) is 18.2 Å². The molecule has 8 heteroatoms. The molecule has 0 saturated heterocycles. The SMILES string of the molecule is N#Cc1cnn2c(=O)[nH]c(SCC3(F)CC4(CCC4)C3)nc12. The minimum atomic E-state index is -1.16. The lowest BCUT2D eigenvalue weighted by molar-refractivity contribution is -0.0998. The first-order valence-corrected chi connectivity index (χ1v) is 8.21. The number of nitriles is 1. The maximum Gasteiger partial charge on any atom is 0.350 e. The molecule has 114 valence electrons. The Labute approximate surface area is 129 Å². The Morgan fingerprint density at radius 2 is 2.27 bits per heavy atom. The van der Waals surface area contributed by atoms with E-state index >= 15 is 0 Å². The number of aromatic nitrogens is 4. The third kappa shape index (κ3) is 2.03. The van der Waals surface area contributed by atoms with Crippen LogP contribution in [0.5, 0.6) is 0 Å². The van der Waals surface area contributed by atoms with E-state index in [4.69, 9.17) is 5.26 Å². The van der Waals surface area contributed by atoms with E-state index in [9.17, 15) is 9.18 Å². The highest BCUT2D eigenvalue weighted by atomic mass is 32.2. The Balaban J connectivity index is 1.52. The van der Waals surface area contributed by atoms with Gasteiger partial charge in [0.1, 0.15) is 17.3 Å². The lowest BCUT2D eigenvalue weighted by Crippen LogP contribution is -2.53. The van der Waals surface area contributed by atoms with Crippen LogP contribution in [0, 0.1) is 16.7 Å². The fourth-order valence-corrected chi connectivity index (χ4v) is 4.55. The van der Waals surface area contributed by atoms with Crippen LogP contribution in [0.25, 0.3) is 5.65 Å². The molecule has 0 radical (unpaired) electrons. The summed E-state index contributed by atoms with van der Waals surface area (Å²) in [5, 5.41) is 13.1. The molecule has 6 nitrogen and oxygen atoms in total. The van der Waals surface area contributed by atoms with Gasteiger partial charge in [-0.05, 0) is 31.1 Å². The number of alkyl halides is 1. The zero-order valence-electron chi connectivity index (χ0n) is 11.8. The molecule has 0 amide bonds. The van der Waals surface area contributed by atoms with E-state index in [0.29, 0.717) is 18.0 Å². The van der Waals surface area contributed by atoms with E-state index in [-0.39, 0.29) is 22.4 Å². The molecule has 2 saturated carbocycles. The Morgan fingerprint density at radius 1 is 1.50 bits per heavy atom. The minimum absolute atomic E-state index is 0.214. The predicted molar refractivity (Wildman–Crippen MR) is 78.4 cm³/mol. The average Bonchev–Trinajstić information content (AvgIpc) is 2.83. The van der Waals surface area contributed by atoms with Gasteiger partial charge in [0.05, 0.1) is 6.20 Å². The van der Waals surface area contributed by atoms with Gasteiger partial charge in [0.25, 0.3) is 0 Å². The average molecular weight is 319 g/mol. The number of aromatic amines is 1. The van der Waals surface area contributed by atoms with Gasteiger partial charge < -0.3 is 0 Å². The maximum atomic E-state index is 14.6. The van der Waals surface area contributed by atoms with Crippen LogP contribution < -0.4 is 5.69 Å². The zero-order chi connectivity index (χ0) is 15.4. The van der Waals surface area contributed by atoms with Crippen molar-refractivity contribution >= 4 is 17.4 Å². The number of H-pyrrole nitrogens is 1. The molecular weight excluding hydrogens is 305 g/mol. The molecule has 0 unspecified atom stereocenters. The number of thioether (sulfide) groups is 1. The summed E-state index contributed by atoms with van der Waals surface area (Å²) in [5.41, 5.74) is -0.912. The molecule has 0 aromatic carbocycles. The number of hydrogen-bond donors (Lipinski definition) is 1. The van der Waals surface area contributed by atoms with Crippen molar-refractivity contribution in [1.82, 2.24) is 19.6 Å². The molecule has 2 aliphatic carbocycles. The van der Waals surface area contributed by atoms with Crippen molar-refractivity contribution in [3.05, 3.63) is 22.2 Å². The zero-order valence-corrected chi connectivity index (χ0v) is 12.6. The standard InChI is InChI=1S/C14H14FN5OS/c15-14(6-13(7-14)2-1-3-13)8-22-11-18-10-9(4-16)5-17-20(10)12(21)19-11/h5H,1-3,6-8H2,(H,18,19,21). The molecule has 22 heavy (non-hydrogen) atoms. The van der Waals surface area contributed by atoms with E-state index in [2.05, 4.69) is 15.1 Å². The Kier molecular flexibility index (Phi) is 2.85. The lowest BCUT2D eigenvalue weighted by Gasteiger charge is -2.57. The fraction of sp³-hybridized carbons (Fsp3) is 0.571. The highest BCUT2D eigenvalue weighted by molar-refractivity contribution is 7.99. The van der Waals surface area contributed by atoms with Crippen LogP contribution in [0.4, 0.5) is 4.39 Å². The second-order valence-electron chi connectivity index (χ2n) is 6.40. The van der Waals surface area contributed by atoms with E-state index in [1.165, 1.54) is 24.4 Å². The molecule has 0 bridgehead atoms. The number of hydrogen-bond acceptors (Lipinski definition) is 5. The van der Waals surface area contributed by atoms with Gasteiger partial charge in [-0.15, -0.1) is 0 Å². The molecule has 2 heterocycles. The van der Waals surface area contributed by atoms with Crippen LogP contribution in [0.3, 0.4) is 0 Å². The molecule has 1 N–H and O–H groups in total. The van der Waals surface area contributed by atoms with Crippen LogP contribution >= 0.6 is 11.8 Å². The van der Waals surface area contributed by atoms with E-state index < -0.39 is 11.4 Å². The summed E-state index contributed by atoms with van der Waals surface area (Å²) in [4.78, 5) is 18.7. The summed E-state index contributed by atoms with van der Waals surface area (Å²) in [6.07, 6.45) is 6.05. The second-order valence-corrected chi connectivity index (χ2v) is 7.36. The summed E-state index contributed by atoms with van der Waals surface area (Å²) in [5.74, 6) is 0.282. The molecule has 2 aromatic rings. The summed E-state index contributed by atoms with van der Waals surface area (Å²) < 4.78 is 15.6. The molecule has 2 aromatic heterocycles. The Bertz CT molecular complexity index is 839. The van der Waals surface area contributed by atoms with Crippen LogP contribution in [-0.4, -0.2) is 31.0 Å². The van der Waals surface area contributed by atoms with Gasteiger partial charge >= 0.3 is 5.69 Å². The topological polar surface area (TPSA) is 86.8 Å². The van der Waals surface area contributed by atoms with Gasteiger partial charge in [-0.2, -0.15) is 14.9 Å². The van der Waals surface area contributed by atoms with Gasteiger partial charge in [-0.3, -0.25) is 4.98 Å². The van der Waals surface area contributed by atoms with Gasteiger partial charge in [0, 0.05) is 5.75 Å². The van der Waals surface area contributed by atoms with E-state index in [1.54, 1.807) is 0 Å². The van der Waals surface area contributed by atoms with Crippen molar-refractivity contribution in [3.63, 3.8) is 0 Å². The quantitative estimate of drug-likeness (QED) is 0.875. The van der Waals surface area contributed by atoms with Crippen molar-refractivity contribution in [2.24, 2.45) is 5.41 Å². The van der Waals surface area contributed by atoms with Crippen LogP contribution in [0.15, 0.2) is 16.1 Å². The van der Waals surface area contributed by atoms with Crippen molar-refractivity contribution in [1.29, 1.82) is 5.26 Å². The summed E-state index contributed by atoms with van der Waals surface area (Å²) in [6, 6.07) is 1.94. The molecule has 0 aliphatic heterocycles. The Hall–Kier alpha value is -1.88. The normalized spacial score (nSPS) is 21.3. The molecule has 4 rings (SSSR count). The number of halogens is 1. The second kappa shape index (κ2) is 4.56. The number of nitrogens with one attached hydrogen (secondary N) is 1. The molecular formula is C14H14FN5OS. The maximum absolute atomic E-state index is 14.6. The van der Waals surface area contributed by atoms with Crippen molar-refractivity contribution in [3.8, 4) is 6.07 Å². The summed E-state index contributed by atoms with van der Waals surface area (Å²) in [7, 11) is 0. The number of rotatable bonds is 3. The third-order valence-corrected chi connectivity index (χ3v) is 5.87. The van der Waals surface area contributed by atoms with E-state index in [0.717, 1.165) is 17.4 Å². The fourth-order valence-electron chi connectivity index (χ4n) is 3.64. The van der Waals surface area contributed by atoms with E-state index in [1.807, 2.05) is 6.07 Å². The van der Waals surface area contributed by atoms with Crippen LogP contribution in [-0.2, 0) is 0 Å². The summed E-state index contributed by atoms with van der Waals surface area (Å²) >= 11 is 1.20. The minimum Gasteiger partial charge on any atom is -0.285 e. The lowest BCUT2D eigenvalue weighted by atomic mass is 9.51. The van der Waals surface area contributed by atoms with Crippen molar-refractivity contribution < 1.29 is 4.39 Å². The smallest absolute Gasteiger partial charge is 0.285 e. The highest BCUT2D eigenvalue weighted by Crippen LogP contribution is 2.62. The van der Waals surface area contributed by atoms with Gasteiger partial charge in [0.15, 0.2) is 10.8 Å². The summed E-state index contributed by atoms with van der Waals surface area (Å²) in [6.45, 7) is 0. The monoisotopic (exact) mass is 319 g/mol. The van der Waals surface area contributed by atoms with Crippen LogP contribution in [0.1, 0.15) is 37.7 Å². The molecule has 0 atom stereocenters. The van der Waals surface area contributed by atoms with Gasteiger partial charge in [-0.25, -0.2) is 14.2 Å². The predicted octanol–water partition coefficient (Wildman–Crippen LogP) is 2.05. The molecule has 2 aliphatic rings. The molecule has 2 fully saturated rings. The first kappa shape index (κ1) is 13.8. The highest BCUT2D eigenvalue weighted by Gasteiger charge is 2.57. The number of fused-ring (bicyclic) bond motifs is 1. The number of nitrogens with zero attached hydrogens (tertiary/aromatic N) is 4. The van der Waals surface area contributed by atoms with Crippen LogP contribution in [0.2, 0.25) is 0 Å². The first-order valence-electron chi connectivity index (χ1n) is 7.23. The Morgan fingerprint density at radius 3 is 2.91 bits per heavy atom. The largest absolute Gasteiger partial charge is 0.350 e. The van der Waals surface area contributed by atoms with Gasteiger partial charge in [0.2, 0.25) is 0 Å². The molecule has 1 spiro atoms.